The van der Waals surface area contributed by atoms with Crippen molar-refractivity contribution in [3.8, 4) is 67.5 Å². The summed E-state index contributed by atoms with van der Waals surface area (Å²) < 4.78 is 70.9. The molecule has 0 saturated heterocycles. The highest BCUT2D eigenvalue weighted by Gasteiger charge is 2.50. The number of rotatable bonds is 15. The first-order chi connectivity index (χ1) is 52.2. The Labute approximate surface area is 628 Å². The lowest BCUT2D eigenvalue weighted by atomic mass is 9.88. The van der Waals surface area contributed by atoms with Crippen molar-refractivity contribution >= 4 is 51.3 Å². The van der Waals surface area contributed by atoms with Gasteiger partial charge >= 0.3 is 12.1 Å². The molecule has 566 valence electrons. The van der Waals surface area contributed by atoms with E-state index in [-0.39, 0.29) is 52.1 Å². The topological polar surface area (TPSA) is 364 Å². The second-order valence-electron chi connectivity index (χ2n) is 31.0. The molecule has 11 heterocycles. The maximum Gasteiger partial charge on any atom is 0.408 e. The molecule has 31 heteroatoms. The molecule has 3 saturated carbocycles. The number of nitrogens with zero attached hydrogens (tertiary/aromatic N) is 16. The van der Waals surface area contributed by atoms with Crippen molar-refractivity contribution in [3.05, 3.63) is 186 Å². The molecule has 14 aromatic rings. The third-order valence-electron chi connectivity index (χ3n) is 19.0. The Morgan fingerprint density at radius 2 is 0.927 bits per heavy atom. The number of ketones is 1. The van der Waals surface area contributed by atoms with E-state index in [1.54, 1.807) is 103 Å². The Morgan fingerprint density at radius 1 is 0.527 bits per heavy atom. The number of nitrogens with two attached hydrogens (primary N) is 1. The van der Waals surface area contributed by atoms with Crippen LogP contribution in [0.15, 0.2) is 138 Å². The second kappa shape index (κ2) is 28.6. The van der Waals surface area contributed by atoms with Crippen LogP contribution in [0, 0.1) is 17.5 Å². The minimum atomic E-state index is -0.722. The van der Waals surface area contributed by atoms with Gasteiger partial charge in [-0.2, -0.15) is 25.3 Å². The molecule has 28 nitrogen and oxygen atoms in total. The number of pyridine rings is 3. The molecular weight excluding hydrogens is 1410 g/mol. The summed E-state index contributed by atoms with van der Waals surface area (Å²) in [5, 5.41) is 22.8. The number of Topliss-reactive ketones (excluding diaryl/α,β-unsaturated/α-hetero) is 1. The van der Waals surface area contributed by atoms with Gasteiger partial charge in [-0.25, -0.2) is 52.7 Å². The molecule has 3 fully saturated rings. The average molecular weight is 1490 g/mol. The van der Waals surface area contributed by atoms with Crippen LogP contribution >= 0.6 is 0 Å². The van der Waals surface area contributed by atoms with Crippen molar-refractivity contribution < 1.29 is 46.1 Å². The maximum atomic E-state index is 15.5. The molecule has 0 unspecified atom stereocenters. The summed E-state index contributed by atoms with van der Waals surface area (Å²) in [6, 6.07) is 21.0. The van der Waals surface area contributed by atoms with Crippen molar-refractivity contribution in [2.24, 2.45) is 26.9 Å². The van der Waals surface area contributed by atoms with Gasteiger partial charge in [0.05, 0.1) is 64.0 Å². The molecule has 6 N–H and O–H groups in total. The molecule has 3 aromatic carbocycles. The molecule has 11 aromatic heterocycles. The standard InChI is InChI=1S/C27H26FN7O2.C24H25FN6O2.C19H17FN6.C9H14N2O3/c1-26(2,3)25-33-23(34-37-25)20(36)12-27(8-9-27)18-6-5-15(11-19(18)28)17-7-10-29-24-21(17)31-22(32-24)16-13-30-35(4)14-16;1-23(2,3)33-22(32)30-24(8-9-24)17-6-5-14(11-18(17)25)16-7-10-26-21-19(16)28-20(29-21)15-12-27-31(4)13-15;1-26-10-12(9-23-26)17-24-16-13(4-7-22-18(16)25-17)11-2-3-14(15(20)8-11)19(21)5-6-19;1-5-13-7(12)6-10-8(14-11-6)9(2,3)4/h5-7,10-11,13-14H,8-9,12H2,1-4H3,(H,29,31,32);5-7,10-13H,8-9H2,1-4H3,(H,30,32)(H,26,28,29);2-4,7-10H,5-6,21H2,1H3,(H,22,24,25);5H2,1-4H3. The van der Waals surface area contributed by atoms with Crippen molar-refractivity contribution in [2.45, 2.75) is 147 Å². The normalized spacial score (nSPS) is 14.6. The van der Waals surface area contributed by atoms with Gasteiger partial charge in [0.25, 0.3) is 5.82 Å². The number of nitrogens with one attached hydrogen (secondary N) is 4. The van der Waals surface area contributed by atoms with E-state index in [0.29, 0.717) is 93.5 Å². The van der Waals surface area contributed by atoms with E-state index in [9.17, 15) is 18.8 Å². The summed E-state index contributed by atoms with van der Waals surface area (Å²) in [5.41, 5.74) is 15.8. The van der Waals surface area contributed by atoms with Crippen molar-refractivity contribution in [1.29, 1.82) is 0 Å². The summed E-state index contributed by atoms with van der Waals surface area (Å²) in [6.07, 6.45) is 19.8. The molecule has 17 rings (SSSR count). The van der Waals surface area contributed by atoms with Crippen molar-refractivity contribution in [3.63, 3.8) is 0 Å². The lowest BCUT2D eigenvalue weighted by Gasteiger charge is -2.24. The van der Waals surface area contributed by atoms with E-state index in [1.807, 2.05) is 118 Å². The number of carbonyl (C=O) groups is 3. The summed E-state index contributed by atoms with van der Waals surface area (Å²) in [7, 11) is 5.53. The predicted octanol–water partition coefficient (Wildman–Crippen LogP) is 14.5. The molecule has 3 aliphatic carbocycles. The highest BCUT2D eigenvalue weighted by atomic mass is 19.1. The summed E-state index contributed by atoms with van der Waals surface area (Å²) >= 11 is 0. The van der Waals surface area contributed by atoms with Gasteiger partial charge in [0.1, 0.15) is 40.5 Å². The van der Waals surface area contributed by atoms with E-state index < -0.39 is 34.2 Å². The number of hydrogen-bond donors (Lipinski definition) is 5. The minimum Gasteiger partial charge on any atom is -0.460 e. The zero-order valence-corrected chi connectivity index (χ0v) is 63.0. The van der Waals surface area contributed by atoms with Gasteiger partial charge in [0.15, 0.2) is 16.9 Å². The largest absolute Gasteiger partial charge is 0.460 e. The quantitative estimate of drug-likeness (QED) is 0.0470. The lowest BCUT2D eigenvalue weighted by Crippen LogP contribution is -2.39. The van der Waals surface area contributed by atoms with Crippen LogP contribution in [0.2, 0.25) is 0 Å². The van der Waals surface area contributed by atoms with E-state index in [2.05, 4.69) is 85.7 Å². The number of fused-ring (bicyclic) bond motifs is 3. The van der Waals surface area contributed by atoms with Crippen molar-refractivity contribution in [1.82, 2.24) is 99.8 Å². The van der Waals surface area contributed by atoms with Crippen LogP contribution < -0.4 is 11.1 Å². The van der Waals surface area contributed by atoms with Crippen LogP contribution in [-0.4, -0.2) is 125 Å². The number of halogens is 3. The number of benzene rings is 3. The first kappa shape index (κ1) is 74.4. The molecule has 0 atom stereocenters. The summed E-state index contributed by atoms with van der Waals surface area (Å²) in [5.74, 6) is 1.08. The Morgan fingerprint density at radius 3 is 1.27 bits per heavy atom. The third-order valence-corrected chi connectivity index (χ3v) is 19.0. The van der Waals surface area contributed by atoms with Gasteiger partial charge in [-0.15, -0.1) is 0 Å². The number of H-pyrrole nitrogens is 3. The SMILES string of the molecule is CCOC(=O)c1noc(C(C)(C)C)n1.Cn1cc(-c2nc3nccc(-c4ccc(C5(CC(=O)c6noc(C(C)(C)C)n6)CC5)c(F)c4)c3[nH]2)cn1.Cn1cc(-c2nc3nccc(-c4ccc(C5(N)CC5)c(F)c4)c3[nH]2)cn1.Cn1cc(-c2nc3nccc(-c4ccc(C5(NC(=O)OC(C)(C)C)CC5)c(F)c4)c3[nH]2)cn1. The number of aromatic amines is 3. The molecule has 3 aliphatic rings. The fourth-order valence-corrected chi connectivity index (χ4v) is 12.8. The van der Waals surface area contributed by atoms with Crippen molar-refractivity contribution in [2.75, 3.05) is 6.61 Å². The Balaban J connectivity index is 0.000000128. The van der Waals surface area contributed by atoms with E-state index in [1.165, 1.54) is 12.1 Å². The van der Waals surface area contributed by atoms with Gasteiger partial charge in [-0.3, -0.25) is 18.8 Å². The van der Waals surface area contributed by atoms with E-state index in [4.69, 9.17) is 24.3 Å². The fraction of sp³-hybridized carbons (Fsp3) is 0.342. The number of aryl methyl sites for hydroxylation is 3. The van der Waals surface area contributed by atoms with Gasteiger partial charge in [0.2, 0.25) is 23.4 Å². The number of carbonyl (C=O) groups excluding carboxylic acids is 3. The number of ether oxygens (including phenoxy) is 2. The summed E-state index contributed by atoms with van der Waals surface area (Å²) in [6.45, 7) is 19.0. The first-order valence-electron chi connectivity index (χ1n) is 35.9. The van der Waals surface area contributed by atoms with E-state index in [0.717, 1.165) is 81.2 Å². The number of aromatic nitrogens is 19. The number of esters is 1. The summed E-state index contributed by atoms with van der Waals surface area (Å²) in [4.78, 5) is 81.2. The minimum absolute atomic E-state index is 0.0169. The smallest absolute Gasteiger partial charge is 0.408 e. The van der Waals surface area contributed by atoms with Gasteiger partial charge in [-0.1, -0.05) is 83.1 Å². The predicted molar refractivity (Wildman–Crippen MR) is 402 cm³/mol. The molecule has 0 bridgehead atoms. The van der Waals surface area contributed by atoms with Crippen LogP contribution in [0.1, 0.15) is 164 Å². The lowest BCUT2D eigenvalue weighted by molar-refractivity contribution is 0.0488. The first-order valence-corrected chi connectivity index (χ1v) is 35.9. The Hall–Kier alpha value is -12.4. The van der Waals surface area contributed by atoms with Crippen LogP contribution in [-0.2, 0) is 57.9 Å². The fourth-order valence-electron chi connectivity index (χ4n) is 12.8. The maximum absolute atomic E-state index is 15.5. The molecule has 0 spiro atoms. The van der Waals surface area contributed by atoms with Crippen LogP contribution in [0.5, 0.6) is 0 Å². The second-order valence-corrected chi connectivity index (χ2v) is 31.0. The average Bonchev–Trinajstić information content (AvgIpc) is 1.59. The number of imidazole rings is 3. The Bertz CT molecular complexity index is 5800. The Kier molecular flexibility index (Phi) is 19.4. The third kappa shape index (κ3) is 15.8. The molecule has 110 heavy (non-hydrogen) atoms. The highest BCUT2D eigenvalue weighted by Crippen LogP contribution is 2.53. The molecule has 1 amide bonds. The van der Waals surface area contributed by atoms with E-state index >= 15 is 8.78 Å². The van der Waals surface area contributed by atoms with Crippen LogP contribution in [0.4, 0.5) is 18.0 Å². The van der Waals surface area contributed by atoms with Gasteiger partial charge < -0.3 is 44.5 Å². The van der Waals surface area contributed by atoms with Gasteiger partial charge in [0, 0.05) is 114 Å². The number of amides is 1. The zero-order valence-electron chi connectivity index (χ0n) is 63.0. The molecule has 0 radical (unpaired) electrons. The zero-order chi connectivity index (χ0) is 78.0. The monoisotopic (exact) mass is 1490 g/mol. The molecule has 0 aliphatic heterocycles. The molecular formula is C79H82F3N21O7. The number of alkyl carbamates (subject to hydrolysis) is 1. The van der Waals surface area contributed by atoms with Gasteiger partial charge in [-0.05, 0) is 130 Å². The van der Waals surface area contributed by atoms with Crippen LogP contribution in [0.3, 0.4) is 0 Å². The number of hydrogen-bond acceptors (Lipinski definition) is 21. The van der Waals surface area contributed by atoms with Crippen LogP contribution in [0.25, 0.3) is 101 Å². The highest BCUT2D eigenvalue weighted by molar-refractivity contribution is 5.95.